The number of halogens is 1. The van der Waals surface area contributed by atoms with Gasteiger partial charge in [0.2, 0.25) is 0 Å². The van der Waals surface area contributed by atoms with Gasteiger partial charge in [-0.05, 0) is 23.8 Å². The van der Waals surface area contributed by atoms with Crippen molar-refractivity contribution < 1.29 is 4.79 Å². The second-order valence-corrected chi connectivity index (χ2v) is 4.68. The van der Waals surface area contributed by atoms with Crippen LogP contribution in [0.4, 0.5) is 5.69 Å². The topological polar surface area (TPSA) is 53.8 Å². The van der Waals surface area contributed by atoms with Crippen molar-refractivity contribution in [3.63, 3.8) is 0 Å². The normalized spacial score (nSPS) is 15.7. The van der Waals surface area contributed by atoms with Gasteiger partial charge >= 0.3 is 0 Å². The van der Waals surface area contributed by atoms with E-state index in [0.717, 1.165) is 16.8 Å². The highest BCUT2D eigenvalue weighted by atomic mass is 35.5. The Kier molecular flexibility index (Phi) is 3.31. The van der Waals surface area contributed by atoms with Crippen LogP contribution in [0.1, 0.15) is 11.1 Å². The largest absolute Gasteiger partial charge is 0.320 e. The quantitative estimate of drug-likeness (QED) is 0.668. The number of benzene rings is 2. The molecule has 0 spiro atoms. The van der Waals surface area contributed by atoms with Gasteiger partial charge in [0.05, 0.1) is 11.9 Å². The Labute approximate surface area is 120 Å². The molecular formula is C15H10ClN3O. The first-order valence-electron chi connectivity index (χ1n) is 6.01. The highest BCUT2D eigenvalue weighted by Gasteiger charge is 2.25. The Balaban J connectivity index is 1.86. The molecule has 1 heterocycles. The van der Waals surface area contributed by atoms with Crippen LogP contribution in [0.3, 0.4) is 0 Å². The number of amides is 1. The van der Waals surface area contributed by atoms with Crippen LogP contribution in [0.15, 0.2) is 58.7 Å². The molecule has 5 heteroatoms. The van der Waals surface area contributed by atoms with E-state index in [1.165, 1.54) is 0 Å². The lowest BCUT2D eigenvalue weighted by Gasteiger charge is -1.94. The number of anilines is 1. The van der Waals surface area contributed by atoms with Gasteiger partial charge in [-0.2, -0.15) is 5.10 Å². The lowest BCUT2D eigenvalue weighted by Crippen LogP contribution is -2.13. The van der Waals surface area contributed by atoms with Gasteiger partial charge in [0.1, 0.15) is 0 Å². The second-order valence-electron chi connectivity index (χ2n) is 4.24. The lowest BCUT2D eigenvalue weighted by atomic mass is 10.1. The minimum Gasteiger partial charge on any atom is -0.320 e. The van der Waals surface area contributed by atoms with E-state index in [9.17, 15) is 4.79 Å². The third kappa shape index (κ3) is 2.46. The van der Waals surface area contributed by atoms with E-state index in [4.69, 9.17) is 11.6 Å². The molecule has 0 aromatic heterocycles. The van der Waals surface area contributed by atoms with Crippen LogP contribution in [0.2, 0.25) is 5.02 Å². The monoisotopic (exact) mass is 283 g/mol. The molecule has 0 fully saturated rings. The van der Waals surface area contributed by atoms with Crippen molar-refractivity contribution in [2.24, 2.45) is 10.2 Å². The number of hydrogen-bond acceptors (Lipinski definition) is 3. The van der Waals surface area contributed by atoms with Gasteiger partial charge in [-0.1, -0.05) is 41.9 Å². The predicted molar refractivity (Wildman–Crippen MR) is 80.7 cm³/mol. The number of carbonyl (C=O) groups is 1. The zero-order valence-corrected chi connectivity index (χ0v) is 11.1. The maximum Gasteiger partial charge on any atom is 0.276 e. The zero-order valence-electron chi connectivity index (χ0n) is 10.4. The molecule has 1 aliphatic heterocycles. The molecule has 0 saturated carbocycles. The summed E-state index contributed by atoms with van der Waals surface area (Å²) in [5.74, 6) is -0.237. The number of nitrogens with zero attached hydrogens (tertiary/aromatic N) is 2. The summed E-state index contributed by atoms with van der Waals surface area (Å²) >= 11 is 5.80. The molecule has 0 atom stereocenters. The molecule has 0 aliphatic carbocycles. The fourth-order valence-electron chi connectivity index (χ4n) is 1.90. The molecule has 2 aromatic rings. The molecule has 0 unspecified atom stereocenters. The van der Waals surface area contributed by atoms with Gasteiger partial charge in [0, 0.05) is 10.6 Å². The predicted octanol–water partition coefficient (Wildman–Crippen LogP) is 3.12. The summed E-state index contributed by atoms with van der Waals surface area (Å²) in [5.41, 5.74) is 2.72. The van der Waals surface area contributed by atoms with Crippen molar-refractivity contribution in [3.8, 4) is 0 Å². The zero-order chi connectivity index (χ0) is 13.9. The maximum absolute atomic E-state index is 11.8. The first-order chi connectivity index (χ1) is 9.74. The molecule has 3 rings (SSSR count). The minimum absolute atomic E-state index is 0.237. The fraction of sp³-hybridized carbons (Fsp3) is 0. The van der Waals surface area contributed by atoms with Crippen molar-refractivity contribution in [2.45, 2.75) is 0 Å². The first kappa shape index (κ1) is 12.6. The van der Waals surface area contributed by atoms with Crippen molar-refractivity contribution in [1.29, 1.82) is 0 Å². The van der Waals surface area contributed by atoms with Crippen molar-refractivity contribution in [3.05, 3.63) is 64.7 Å². The fourth-order valence-corrected chi connectivity index (χ4v) is 2.03. The molecule has 0 saturated heterocycles. The Morgan fingerprint density at radius 1 is 1.05 bits per heavy atom. The maximum atomic E-state index is 11.8. The number of hydrogen-bond donors (Lipinski definition) is 1. The number of fused-ring (bicyclic) bond motifs is 1. The Bertz CT molecular complexity index is 720. The molecule has 1 aliphatic rings. The van der Waals surface area contributed by atoms with Crippen molar-refractivity contribution >= 4 is 35.1 Å². The summed E-state index contributed by atoms with van der Waals surface area (Å²) in [6, 6.07) is 14.6. The SMILES string of the molecule is O=C1Nc2ccccc2C1=NN=Cc1ccc(Cl)cc1. The molecule has 0 radical (unpaired) electrons. The molecule has 0 bridgehead atoms. The number of para-hydroxylation sites is 1. The van der Waals surface area contributed by atoms with Crippen LogP contribution >= 0.6 is 11.6 Å². The molecule has 1 amide bonds. The van der Waals surface area contributed by atoms with E-state index in [1.807, 2.05) is 36.4 Å². The third-order valence-corrected chi connectivity index (χ3v) is 3.13. The van der Waals surface area contributed by atoms with E-state index in [-0.39, 0.29) is 5.91 Å². The molecule has 2 aromatic carbocycles. The van der Waals surface area contributed by atoms with Crippen LogP contribution in [0.25, 0.3) is 0 Å². The van der Waals surface area contributed by atoms with Gasteiger partial charge in [0.15, 0.2) is 5.71 Å². The molecule has 1 N–H and O–H groups in total. The van der Waals surface area contributed by atoms with Crippen LogP contribution < -0.4 is 5.32 Å². The summed E-state index contributed by atoms with van der Waals surface area (Å²) in [5, 5.41) is 11.4. The molecular weight excluding hydrogens is 274 g/mol. The lowest BCUT2D eigenvalue weighted by molar-refractivity contribution is -0.110. The summed E-state index contributed by atoms with van der Waals surface area (Å²) < 4.78 is 0. The van der Waals surface area contributed by atoms with Crippen molar-refractivity contribution in [1.82, 2.24) is 0 Å². The third-order valence-electron chi connectivity index (χ3n) is 2.88. The molecule has 98 valence electrons. The standard InChI is InChI=1S/C15H10ClN3O/c16-11-7-5-10(6-8-11)9-17-19-14-12-3-1-2-4-13(12)18-15(14)20/h1-9H,(H,18,19,20). The van der Waals surface area contributed by atoms with Gasteiger partial charge < -0.3 is 5.32 Å². The Morgan fingerprint density at radius 3 is 2.60 bits per heavy atom. The Hall–Kier alpha value is -2.46. The number of rotatable bonds is 2. The van der Waals surface area contributed by atoms with Gasteiger partial charge in [-0.15, -0.1) is 5.10 Å². The van der Waals surface area contributed by atoms with Crippen LogP contribution in [0, 0.1) is 0 Å². The van der Waals surface area contributed by atoms with E-state index in [1.54, 1.807) is 18.3 Å². The number of carbonyl (C=O) groups excluding carboxylic acids is 1. The van der Waals surface area contributed by atoms with E-state index in [0.29, 0.717) is 10.7 Å². The second kappa shape index (κ2) is 5.27. The summed E-state index contributed by atoms with van der Waals surface area (Å²) in [6.45, 7) is 0. The van der Waals surface area contributed by atoms with Crippen LogP contribution in [-0.2, 0) is 4.79 Å². The smallest absolute Gasteiger partial charge is 0.276 e. The molecule has 4 nitrogen and oxygen atoms in total. The summed E-state index contributed by atoms with van der Waals surface area (Å²) in [7, 11) is 0. The highest BCUT2D eigenvalue weighted by molar-refractivity contribution is 6.53. The van der Waals surface area contributed by atoms with Crippen LogP contribution in [0.5, 0.6) is 0 Å². The highest BCUT2D eigenvalue weighted by Crippen LogP contribution is 2.22. The van der Waals surface area contributed by atoms with Gasteiger partial charge in [-0.3, -0.25) is 4.79 Å². The Morgan fingerprint density at radius 2 is 1.80 bits per heavy atom. The van der Waals surface area contributed by atoms with E-state index >= 15 is 0 Å². The summed E-state index contributed by atoms with van der Waals surface area (Å²) in [6.07, 6.45) is 1.58. The molecule has 20 heavy (non-hydrogen) atoms. The van der Waals surface area contributed by atoms with Gasteiger partial charge in [-0.25, -0.2) is 0 Å². The number of nitrogens with one attached hydrogen (secondary N) is 1. The van der Waals surface area contributed by atoms with E-state index in [2.05, 4.69) is 15.5 Å². The minimum atomic E-state index is -0.237. The van der Waals surface area contributed by atoms with Crippen molar-refractivity contribution in [2.75, 3.05) is 5.32 Å². The average molecular weight is 284 g/mol. The van der Waals surface area contributed by atoms with Crippen LogP contribution in [-0.4, -0.2) is 17.8 Å². The van der Waals surface area contributed by atoms with Gasteiger partial charge in [0.25, 0.3) is 5.91 Å². The average Bonchev–Trinajstić information content (AvgIpc) is 2.77. The first-order valence-corrected chi connectivity index (χ1v) is 6.39. The summed E-state index contributed by atoms with van der Waals surface area (Å²) in [4.78, 5) is 11.8. The van der Waals surface area contributed by atoms with E-state index < -0.39 is 0 Å².